The van der Waals surface area contributed by atoms with Crippen molar-refractivity contribution in [2.75, 3.05) is 12.4 Å². The molecule has 1 unspecified atom stereocenters. The van der Waals surface area contributed by atoms with Gasteiger partial charge in [0.1, 0.15) is 0 Å². The third kappa shape index (κ3) is 2.56. The molecule has 1 aromatic heterocycles. The van der Waals surface area contributed by atoms with Crippen LogP contribution >= 0.6 is 11.3 Å². The van der Waals surface area contributed by atoms with Crippen LogP contribution in [0.5, 0.6) is 11.5 Å². The summed E-state index contributed by atoms with van der Waals surface area (Å²) >= 11 is 1.63. The molecule has 2 aromatic rings. The van der Waals surface area contributed by atoms with Crippen LogP contribution in [0.15, 0.2) is 23.7 Å². The predicted molar refractivity (Wildman–Crippen MR) is 73.5 cm³/mol. The summed E-state index contributed by atoms with van der Waals surface area (Å²) in [5.74, 6) is 0.609. The van der Waals surface area contributed by atoms with Gasteiger partial charge < -0.3 is 15.2 Å². The van der Waals surface area contributed by atoms with Crippen LogP contribution in [0.1, 0.15) is 23.5 Å². The Hall–Kier alpha value is -1.75. The second-order valence-corrected chi connectivity index (χ2v) is 4.94. The van der Waals surface area contributed by atoms with Crippen molar-refractivity contribution in [1.29, 1.82) is 0 Å². The van der Waals surface area contributed by atoms with Crippen LogP contribution in [0.4, 0.5) is 5.69 Å². The Morgan fingerprint density at radius 2 is 2.22 bits per heavy atom. The number of nitrogens with one attached hydrogen (secondary N) is 1. The molecule has 0 fully saturated rings. The molecular formula is C13H16N2O2S. The number of hydrogen-bond acceptors (Lipinski definition) is 5. The van der Waals surface area contributed by atoms with E-state index in [2.05, 4.69) is 17.2 Å². The van der Waals surface area contributed by atoms with Gasteiger partial charge in [0.2, 0.25) is 0 Å². The number of nitrogens with zero attached hydrogens (tertiary/aromatic N) is 1. The number of methoxy groups -OCH3 is 1. The molecule has 2 rings (SSSR count). The lowest BCUT2D eigenvalue weighted by Gasteiger charge is -2.15. The number of aryl methyl sites for hydroxylation is 1. The molecule has 0 saturated carbocycles. The van der Waals surface area contributed by atoms with E-state index >= 15 is 0 Å². The Bertz CT molecular complexity index is 540. The number of anilines is 1. The first-order valence-corrected chi connectivity index (χ1v) is 6.53. The maximum absolute atomic E-state index is 9.71. The van der Waals surface area contributed by atoms with Crippen molar-refractivity contribution in [3.05, 3.63) is 34.3 Å². The third-order valence-corrected chi connectivity index (χ3v) is 3.85. The fourth-order valence-corrected chi connectivity index (χ4v) is 2.63. The van der Waals surface area contributed by atoms with Gasteiger partial charge in [-0.05, 0) is 26.0 Å². The minimum atomic E-state index is 0.135. The summed E-state index contributed by atoms with van der Waals surface area (Å²) in [5, 5.41) is 13.0. The van der Waals surface area contributed by atoms with E-state index in [1.807, 2.05) is 18.5 Å². The van der Waals surface area contributed by atoms with Gasteiger partial charge in [-0.3, -0.25) is 0 Å². The normalized spacial score (nSPS) is 12.2. The van der Waals surface area contributed by atoms with Gasteiger partial charge >= 0.3 is 0 Å². The van der Waals surface area contributed by atoms with Crippen molar-refractivity contribution in [3.63, 3.8) is 0 Å². The van der Waals surface area contributed by atoms with Gasteiger partial charge in [-0.25, -0.2) is 4.98 Å². The highest BCUT2D eigenvalue weighted by molar-refractivity contribution is 7.09. The highest BCUT2D eigenvalue weighted by Gasteiger charge is 2.11. The van der Waals surface area contributed by atoms with Crippen LogP contribution in [0.3, 0.4) is 0 Å². The average Bonchev–Trinajstić information content (AvgIpc) is 2.76. The summed E-state index contributed by atoms with van der Waals surface area (Å²) in [7, 11) is 1.53. The molecule has 5 heteroatoms. The second-order valence-electron chi connectivity index (χ2n) is 4.05. The molecule has 0 bridgehead atoms. The molecule has 1 heterocycles. The zero-order chi connectivity index (χ0) is 13.1. The topological polar surface area (TPSA) is 54.4 Å². The van der Waals surface area contributed by atoms with Gasteiger partial charge in [-0.15, -0.1) is 11.3 Å². The lowest BCUT2D eigenvalue weighted by atomic mass is 10.2. The summed E-state index contributed by atoms with van der Waals surface area (Å²) < 4.78 is 5.01. The fraction of sp³-hybridized carbons (Fsp3) is 0.308. The van der Waals surface area contributed by atoms with Crippen molar-refractivity contribution in [1.82, 2.24) is 4.98 Å². The van der Waals surface area contributed by atoms with Crippen LogP contribution in [-0.4, -0.2) is 17.2 Å². The van der Waals surface area contributed by atoms with Gasteiger partial charge in [0.05, 0.1) is 24.4 Å². The molecule has 0 aliphatic carbocycles. The molecule has 1 aromatic carbocycles. The molecule has 0 saturated heterocycles. The van der Waals surface area contributed by atoms with Gasteiger partial charge in [-0.1, -0.05) is 0 Å². The lowest BCUT2D eigenvalue weighted by Crippen LogP contribution is -2.06. The number of phenols is 1. The Morgan fingerprint density at radius 3 is 2.78 bits per heavy atom. The number of rotatable bonds is 4. The summed E-state index contributed by atoms with van der Waals surface area (Å²) in [6.45, 7) is 4.07. The minimum absolute atomic E-state index is 0.135. The van der Waals surface area contributed by atoms with Crippen LogP contribution in [0.2, 0.25) is 0 Å². The van der Waals surface area contributed by atoms with Crippen LogP contribution in [-0.2, 0) is 0 Å². The first kappa shape index (κ1) is 12.7. The number of ether oxygens (including phenoxy) is 1. The molecule has 0 radical (unpaired) electrons. The van der Waals surface area contributed by atoms with E-state index in [-0.39, 0.29) is 11.8 Å². The zero-order valence-corrected chi connectivity index (χ0v) is 11.4. The number of thiazole rings is 1. The summed E-state index contributed by atoms with van der Waals surface area (Å²) in [4.78, 5) is 5.43. The Kier molecular flexibility index (Phi) is 3.72. The molecule has 4 nitrogen and oxygen atoms in total. The van der Waals surface area contributed by atoms with E-state index < -0.39 is 0 Å². The van der Waals surface area contributed by atoms with Gasteiger partial charge in [0.25, 0.3) is 0 Å². The zero-order valence-electron chi connectivity index (χ0n) is 10.6. The second kappa shape index (κ2) is 5.27. The van der Waals surface area contributed by atoms with Crippen LogP contribution < -0.4 is 10.1 Å². The standard InChI is InChI=1S/C13H16N2O2S/c1-8-13(18-7-14-8)9(2)15-10-4-5-12(17-3)11(16)6-10/h4-7,9,15-16H,1-3H3. The van der Waals surface area contributed by atoms with Crippen LogP contribution in [0.25, 0.3) is 0 Å². The first-order chi connectivity index (χ1) is 8.61. The molecule has 0 aliphatic rings. The monoisotopic (exact) mass is 264 g/mol. The largest absolute Gasteiger partial charge is 0.504 e. The molecule has 0 spiro atoms. The summed E-state index contributed by atoms with van der Waals surface area (Å²) in [6.07, 6.45) is 0. The van der Waals surface area contributed by atoms with E-state index in [1.54, 1.807) is 23.5 Å². The SMILES string of the molecule is COc1ccc(NC(C)c2scnc2C)cc1O. The number of hydrogen-bond donors (Lipinski definition) is 2. The third-order valence-electron chi connectivity index (χ3n) is 2.74. The number of phenolic OH excluding ortho intramolecular Hbond substituents is 1. The quantitative estimate of drug-likeness (QED) is 0.889. The highest BCUT2D eigenvalue weighted by atomic mass is 32.1. The van der Waals surface area contributed by atoms with E-state index in [0.29, 0.717) is 5.75 Å². The molecule has 18 heavy (non-hydrogen) atoms. The van der Waals surface area contributed by atoms with E-state index in [1.165, 1.54) is 12.0 Å². The first-order valence-electron chi connectivity index (χ1n) is 5.65. The molecule has 1 atom stereocenters. The van der Waals surface area contributed by atoms with Crippen molar-refractivity contribution in [2.45, 2.75) is 19.9 Å². The summed E-state index contributed by atoms with van der Waals surface area (Å²) in [6, 6.07) is 5.44. The molecule has 0 aliphatic heterocycles. The van der Waals surface area contributed by atoms with E-state index in [4.69, 9.17) is 4.74 Å². The smallest absolute Gasteiger partial charge is 0.160 e. The Balaban J connectivity index is 2.15. The number of benzene rings is 1. The van der Waals surface area contributed by atoms with Crippen molar-refractivity contribution >= 4 is 17.0 Å². The fourth-order valence-electron chi connectivity index (χ4n) is 1.82. The van der Waals surface area contributed by atoms with E-state index in [9.17, 15) is 5.11 Å². The predicted octanol–water partition coefficient (Wildman–Crippen LogP) is 3.34. The minimum Gasteiger partial charge on any atom is -0.504 e. The summed E-state index contributed by atoms with van der Waals surface area (Å²) in [5.41, 5.74) is 3.74. The van der Waals surface area contributed by atoms with Gasteiger partial charge in [0, 0.05) is 16.6 Å². The average molecular weight is 264 g/mol. The maximum Gasteiger partial charge on any atom is 0.160 e. The lowest BCUT2D eigenvalue weighted by molar-refractivity contribution is 0.373. The van der Waals surface area contributed by atoms with Crippen LogP contribution in [0, 0.1) is 6.92 Å². The van der Waals surface area contributed by atoms with E-state index in [0.717, 1.165) is 11.4 Å². The van der Waals surface area contributed by atoms with Crippen molar-refractivity contribution < 1.29 is 9.84 Å². The Morgan fingerprint density at radius 1 is 1.44 bits per heavy atom. The highest BCUT2D eigenvalue weighted by Crippen LogP contribution is 2.31. The van der Waals surface area contributed by atoms with Gasteiger partial charge in [0.15, 0.2) is 11.5 Å². The molecule has 2 N–H and O–H groups in total. The molecular weight excluding hydrogens is 248 g/mol. The molecule has 0 amide bonds. The Labute approximate surface area is 110 Å². The maximum atomic E-state index is 9.71. The van der Waals surface area contributed by atoms with Gasteiger partial charge in [-0.2, -0.15) is 0 Å². The number of aromatic nitrogens is 1. The molecule has 96 valence electrons. The number of aromatic hydroxyl groups is 1. The van der Waals surface area contributed by atoms with Crippen molar-refractivity contribution in [2.24, 2.45) is 0 Å². The van der Waals surface area contributed by atoms with Crippen molar-refractivity contribution in [3.8, 4) is 11.5 Å².